The van der Waals surface area contributed by atoms with Gasteiger partial charge in [0.25, 0.3) is 5.91 Å². The van der Waals surface area contributed by atoms with E-state index in [1.165, 1.54) is 16.8 Å². The predicted octanol–water partition coefficient (Wildman–Crippen LogP) is 3.88. The first kappa shape index (κ1) is 28.7. The molecule has 1 aromatic heterocycles. The average molecular weight is 545 g/mol. The number of hydrogen-bond acceptors (Lipinski definition) is 7. The van der Waals surface area contributed by atoms with E-state index in [9.17, 15) is 19.5 Å². The van der Waals surface area contributed by atoms with Gasteiger partial charge < -0.3 is 20.4 Å². The van der Waals surface area contributed by atoms with Crippen LogP contribution < -0.4 is 10.2 Å². The summed E-state index contributed by atoms with van der Waals surface area (Å²) in [5, 5.41) is 21.3. The third kappa shape index (κ3) is 7.65. The molecule has 0 bridgehead atoms. The molecule has 0 saturated carbocycles. The molecule has 0 atom stereocenters. The molecule has 1 amide bonds. The fourth-order valence-corrected chi connectivity index (χ4v) is 4.96. The first-order chi connectivity index (χ1) is 19.2. The van der Waals surface area contributed by atoms with E-state index in [0.717, 1.165) is 37.9 Å². The monoisotopic (exact) mass is 544 g/mol. The number of carbonyl (C=O) groups excluding carboxylic acids is 2. The van der Waals surface area contributed by atoms with Crippen LogP contribution in [-0.4, -0.2) is 57.5 Å². The van der Waals surface area contributed by atoms with Crippen molar-refractivity contribution in [1.82, 2.24) is 15.3 Å². The molecule has 3 aromatic rings. The standard InChI is InChI=1S/C31H36N4O5/c1-3-26(36)17-23-6-4-21(5-7-23)16-22-8-10-25(11-9-22)35-14-12-24(13-15-35)18-27-33-20(2)30(39)29(34-27)31(40)32-19-28(37)38/h4-11,24,39H,3,12-19H2,1-2H3,(H,32,40)(H,37,38). The van der Waals surface area contributed by atoms with Gasteiger partial charge in [0.15, 0.2) is 11.4 Å². The molecule has 210 valence electrons. The Bertz CT molecular complexity index is 1350. The summed E-state index contributed by atoms with van der Waals surface area (Å²) in [5.41, 5.74) is 4.80. The van der Waals surface area contributed by atoms with Crippen molar-refractivity contribution in [3.63, 3.8) is 0 Å². The molecule has 2 heterocycles. The van der Waals surface area contributed by atoms with Gasteiger partial charge in [0.05, 0.1) is 5.69 Å². The molecular weight excluding hydrogens is 508 g/mol. The van der Waals surface area contributed by atoms with Gasteiger partial charge in [-0.05, 0) is 60.9 Å². The lowest BCUT2D eigenvalue weighted by Gasteiger charge is -2.33. The number of piperidine rings is 1. The van der Waals surface area contributed by atoms with E-state index in [1.807, 2.05) is 19.1 Å². The van der Waals surface area contributed by atoms with Gasteiger partial charge in [-0.3, -0.25) is 14.4 Å². The maximum atomic E-state index is 12.3. The molecule has 3 N–H and O–H groups in total. The van der Waals surface area contributed by atoms with Gasteiger partial charge in [-0.1, -0.05) is 43.3 Å². The minimum atomic E-state index is -1.17. The summed E-state index contributed by atoms with van der Waals surface area (Å²) < 4.78 is 0. The molecule has 1 fully saturated rings. The molecule has 0 aliphatic carbocycles. The SMILES string of the molecule is CCC(=O)Cc1ccc(Cc2ccc(N3CCC(Cc4nc(C)c(O)c(C(=O)NCC(=O)O)n4)CC3)cc2)cc1. The zero-order chi connectivity index (χ0) is 28.6. The number of nitrogens with one attached hydrogen (secondary N) is 1. The fraction of sp³-hybridized carbons (Fsp3) is 0.387. The number of rotatable bonds is 11. The number of Topliss-reactive ketones (excluding diaryl/α,β-unsaturated/α-hetero) is 1. The highest BCUT2D eigenvalue weighted by Gasteiger charge is 2.23. The van der Waals surface area contributed by atoms with Crippen molar-refractivity contribution < 1.29 is 24.6 Å². The molecule has 1 saturated heterocycles. The van der Waals surface area contributed by atoms with Crippen LogP contribution in [0, 0.1) is 12.8 Å². The van der Waals surface area contributed by atoms with Crippen molar-refractivity contribution in [2.24, 2.45) is 5.92 Å². The second-order valence-electron chi connectivity index (χ2n) is 10.4. The maximum absolute atomic E-state index is 12.3. The van der Waals surface area contributed by atoms with Crippen molar-refractivity contribution in [3.05, 3.63) is 82.4 Å². The Hall–Kier alpha value is -4.27. The van der Waals surface area contributed by atoms with E-state index in [1.54, 1.807) is 6.92 Å². The number of benzene rings is 2. The van der Waals surface area contributed by atoms with Crippen molar-refractivity contribution in [2.45, 2.75) is 52.4 Å². The molecular formula is C31H36N4O5. The van der Waals surface area contributed by atoms with Crippen LogP contribution in [0.3, 0.4) is 0 Å². The number of aromatic hydroxyl groups is 1. The van der Waals surface area contributed by atoms with E-state index in [0.29, 0.717) is 36.7 Å². The lowest BCUT2D eigenvalue weighted by Crippen LogP contribution is -2.34. The number of aliphatic carboxylic acids is 1. The number of hydrogen-bond donors (Lipinski definition) is 3. The summed E-state index contributed by atoms with van der Waals surface area (Å²) >= 11 is 0. The average Bonchev–Trinajstić information content (AvgIpc) is 2.95. The van der Waals surface area contributed by atoms with E-state index in [2.05, 4.69) is 56.6 Å². The second-order valence-corrected chi connectivity index (χ2v) is 10.4. The zero-order valence-corrected chi connectivity index (χ0v) is 23.0. The second kappa shape index (κ2) is 13.2. The Morgan fingerprint density at radius 1 is 0.950 bits per heavy atom. The normalized spacial score (nSPS) is 13.7. The topological polar surface area (TPSA) is 133 Å². The molecule has 0 spiro atoms. The van der Waals surface area contributed by atoms with Crippen molar-refractivity contribution in [2.75, 3.05) is 24.5 Å². The van der Waals surface area contributed by atoms with E-state index in [4.69, 9.17) is 5.11 Å². The van der Waals surface area contributed by atoms with E-state index < -0.39 is 18.4 Å². The van der Waals surface area contributed by atoms with Gasteiger partial charge in [-0.2, -0.15) is 0 Å². The van der Waals surface area contributed by atoms with Crippen LogP contribution in [0.4, 0.5) is 5.69 Å². The molecule has 40 heavy (non-hydrogen) atoms. The van der Waals surface area contributed by atoms with Gasteiger partial charge in [0.2, 0.25) is 0 Å². The third-order valence-electron chi connectivity index (χ3n) is 7.33. The number of anilines is 1. The molecule has 1 aliphatic heterocycles. The van der Waals surface area contributed by atoms with E-state index in [-0.39, 0.29) is 17.2 Å². The molecule has 0 radical (unpaired) electrons. The van der Waals surface area contributed by atoms with Gasteiger partial charge >= 0.3 is 5.97 Å². The number of aryl methyl sites for hydroxylation is 1. The lowest BCUT2D eigenvalue weighted by molar-refractivity contribution is -0.135. The van der Waals surface area contributed by atoms with E-state index >= 15 is 0 Å². The number of carbonyl (C=O) groups is 3. The number of aromatic nitrogens is 2. The summed E-state index contributed by atoms with van der Waals surface area (Å²) in [7, 11) is 0. The summed E-state index contributed by atoms with van der Waals surface area (Å²) in [6, 6.07) is 16.9. The molecule has 9 heteroatoms. The van der Waals surface area contributed by atoms with Crippen LogP contribution in [0.5, 0.6) is 5.75 Å². The van der Waals surface area contributed by atoms with Gasteiger partial charge in [-0.25, -0.2) is 9.97 Å². The number of nitrogens with zero attached hydrogens (tertiary/aromatic N) is 3. The van der Waals surface area contributed by atoms with Crippen molar-refractivity contribution in [3.8, 4) is 5.75 Å². The fourth-order valence-electron chi connectivity index (χ4n) is 4.96. The van der Waals surface area contributed by atoms with Crippen LogP contribution in [-0.2, 0) is 28.9 Å². The Kier molecular flexibility index (Phi) is 9.47. The van der Waals surface area contributed by atoms with Crippen molar-refractivity contribution >= 4 is 23.3 Å². The minimum Gasteiger partial charge on any atom is -0.504 e. The Morgan fingerprint density at radius 2 is 1.55 bits per heavy atom. The number of ketones is 1. The molecule has 1 aliphatic rings. The van der Waals surface area contributed by atoms with Crippen LogP contribution in [0.25, 0.3) is 0 Å². The van der Waals surface area contributed by atoms with Crippen LogP contribution >= 0.6 is 0 Å². The van der Waals surface area contributed by atoms with Gasteiger partial charge in [0, 0.05) is 38.0 Å². The van der Waals surface area contributed by atoms with Crippen molar-refractivity contribution in [1.29, 1.82) is 0 Å². The Morgan fingerprint density at radius 3 is 2.15 bits per heavy atom. The summed E-state index contributed by atoms with van der Waals surface area (Å²) in [4.78, 5) is 45.7. The first-order valence-electron chi connectivity index (χ1n) is 13.7. The smallest absolute Gasteiger partial charge is 0.322 e. The highest BCUT2D eigenvalue weighted by atomic mass is 16.4. The van der Waals surface area contributed by atoms with Gasteiger partial charge in [0.1, 0.15) is 18.2 Å². The summed E-state index contributed by atoms with van der Waals surface area (Å²) in [5.74, 6) is -1.17. The Balaban J connectivity index is 1.30. The quantitative estimate of drug-likeness (QED) is 0.331. The van der Waals surface area contributed by atoms with Crippen LogP contribution in [0.2, 0.25) is 0 Å². The molecule has 9 nitrogen and oxygen atoms in total. The van der Waals surface area contributed by atoms with Gasteiger partial charge in [-0.15, -0.1) is 0 Å². The molecule has 4 rings (SSSR count). The van der Waals surface area contributed by atoms with Crippen LogP contribution in [0.1, 0.15) is 64.9 Å². The molecule has 0 unspecified atom stereocenters. The number of carboxylic acid groups (broad SMARTS) is 1. The maximum Gasteiger partial charge on any atom is 0.322 e. The van der Waals surface area contributed by atoms with Crippen LogP contribution in [0.15, 0.2) is 48.5 Å². The Labute approximate surface area is 234 Å². The first-order valence-corrected chi connectivity index (χ1v) is 13.7. The minimum absolute atomic E-state index is 0.191. The summed E-state index contributed by atoms with van der Waals surface area (Å²) in [6.45, 7) is 4.73. The highest BCUT2D eigenvalue weighted by Crippen LogP contribution is 2.27. The highest BCUT2D eigenvalue weighted by molar-refractivity contribution is 5.96. The molecule has 2 aromatic carbocycles. The number of carboxylic acids is 1. The predicted molar refractivity (Wildman–Crippen MR) is 152 cm³/mol. The lowest BCUT2D eigenvalue weighted by atomic mass is 9.92. The largest absolute Gasteiger partial charge is 0.504 e. The zero-order valence-electron chi connectivity index (χ0n) is 23.0. The number of amides is 1. The summed E-state index contributed by atoms with van der Waals surface area (Å²) in [6.07, 6.45) is 4.37. The third-order valence-corrected chi connectivity index (χ3v) is 7.33.